The van der Waals surface area contributed by atoms with E-state index < -0.39 is 273 Å². The minimum absolute atomic E-state index is 0.414. The van der Waals surface area contributed by atoms with Crippen LogP contribution in [0.4, 0.5) is 228 Å². The van der Waals surface area contributed by atoms with Gasteiger partial charge in [0.25, 0.3) is 0 Å². The van der Waals surface area contributed by atoms with E-state index >= 15 is 35.1 Å². The Labute approximate surface area is 597 Å². The quantitative estimate of drug-likeness (QED) is 0.0314. The van der Waals surface area contributed by atoms with Gasteiger partial charge >= 0.3 is 143 Å². The summed E-state index contributed by atoms with van der Waals surface area (Å²) >= 11 is 0. The van der Waals surface area contributed by atoms with Gasteiger partial charge in [0.05, 0.1) is 0 Å². The van der Waals surface area contributed by atoms with Crippen molar-refractivity contribution in [1.29, 1.82) is 0 Å². The molecule has 0 saturated carbocycles. The summed E-state index contributed by atoms with van der Waals surface area (Å²) in [5, 5.41) is -2.63. The summed E-state index contributed by atoms with van der Waals surface area (Å²) in [5.41, 5.74) is -4.15. The van der Waals surface area contributed by atoms with E-state index in [0.29, 0.717) is 97.1 Å². The first-order valence-electron chi connectivity index (χ1n) is 29.5. The SMILES string of the molecule is FC(F)(F)C(F)(F)C(F)(F)C(F)(F)C(F)(F)C(F)(F)CCc1cccc(P(CCCP(c2cccc(CCC(F)(F)C(F)(F)C(F)(F)C(F)(F)C(F)(F)C(F)(F)F)c2)c2cccc(CCC(F)(F)C(F)(F)C(F)(F)C(F)(F)C(F)(F)C(F)(F)F)c2)c2cccc(CCC(F)(F)C(F)(F)C(F)(F)C(F)(F)C(F)(F)C(F)(F)F)c2)c1. The maximum Gasteiger partial charge on any atom is 0.460 e. The van der Waals surface area contributed by atoms with Crippen LogP contribution in [-0.2, 0) is 25.7 Å². The van der Waals surface area contributed by atoms with E-state index in [1.807, 2.05) is 0 Å². The fraction of sp³-hybridized carbons (Fsp3) is 0.593. The van der Waals surface area contributed by atoms with E-state index in [0.717, 1.165) is 0 Å². The zero-order chi connectivity index (χ0) is 88.9. The third-order valence-corrected chi connectivity index (χ3v) is 21.7. The Morgan fingerprint density at radius 2 is 0.319 bits per heavy atom. The smallest absolute Gasteiger partial charge is 0.200 e. The van der Waals surface area contributed by atoms with Gasteiger partial charge in [-0.15, -0.1) is 0 Å². The van der Waals surface area contributed by atoms with Crippen LogP contribution in [0, 0.1) is 0 Å². The first-order valence-corrected chi connectivity index (χ1v) is 32.5. The van der Waals surface area contributed by atoms with Crippen molar-refractivity contribution in [2.75, 3.05) is 12.3 Å². The number of aryl methyl sites for hydroxylation is 4. The molecule has 113 heavy (non-hydrogen) atoms. The Balaban J connectivity index is 1.98. The monoisotopic (exact) mass is 1800 g/mol. The molecule has 0 unspecified atom stereocenters. The molecule has 0 N–H and O–H groups in total. The average molecular weight is 1800 g/mol. The van der Waals surface area contributed by atoms with E-state index in [1.54, 1.807) is 0 Å². The number of alkyl halides is 52. The normalized spacial score (nSPS) is 15.6. The molecular weight excluding hydrogens is 1760 g/mol. The van der Waals surface area contributed by atoms with Gasteiger partial charge in [0.15, 0.2) is 0 Å². The van der Waals surface area contributed by atoms with Crippen molar-refractivity contribution in [1.82, 2.24) is 0 Å². The topological polar surface area (TPSA) is 0 Å². The zero-order valence-electron chi connectivity index (χ0n) is 53.6. The van der Waals surface area contributed by atoms with Crippen LogP contribution < -0.4 is 21.2 Å². The summed E-state index contributed by atoms with van der Waals surface area (Å²) in [6, 6.07) is 8.49. The summed E-state index contributed by atoms with van der Waals surface area (Å²) in [6.07, 6.45) is -54.5. The van der Waals surface area contributed by atoms with Crippen LogP contribution in [0.15, 0.2) is 97.1 Å². The second kappa shape index (κ2) is 30.8. The highest BCUT2D eigenvalue weighted by Crippen LogP contribution is 2.66. The molecule has 0 aliphatic rings. The summed E-state index contributed by atoms with van der Waals surface area (Å²) in [6.45, 7) is 0. The fourth-order valence-electron chi connectivity index (χ4n) is 9.76. The summed E-state index contributed by atoms with van der Waals surface area (Å²) in [7, 11) is -5.93. The lowest BCUT2D eigenvalue weighted by molar-refractivity contribution is -0.440. The third-order valence-electron chi connectivity index (χ3n) is 16.6. The molecule has 0 aliphatic heterocycles. The van der Waals surface area contributed by atoms with Gasteiger partial charge in [-0.05, 0) is 104 Å². The highest BCUT2D eigenvalue weighted by Gasteiger charge is 2.95. The lowest BCUT2D eigenvalue weighted by Gasteiger charge is -2.39. The van der Waals surface area contributed by atoms with Crippen LogP contribution in [-0.4, -0.2) is 155 Å². The summed E-state index contributed by atoms with van der Waals surface area (Å²) in [4.78, 5) is 0. The van der Waals surface area contributed by atoms with E-state index in [2.05, 4.69) is 0 Å². The Hall–Kier alpha value is -5.90. The second-order valence-corrected chi connectivity index (χ2v) is 29.0. The van der Waals surface area contributed by atoms with E-state index in [-0.39, 0.29) is 0 Å². The molecule has 4 aromatic carbocycles. The molecule has 4 rings (SSSR count). The van der Waals surface area contributed by atoms with Crippen molar-refractivity contribution >= 4 is 37.1 Å². The van der Waals surface area contributed by atoms with Crippen LogP contribution >= 0.6 is 15.8 Å². The van der Waals surface area contributed by atoms with Gasteiger partial charge in [0.1, 0.15) is 0 Å². The molecule has 0 saturated heterocycles. The van der Waals surface area contributed by atoms with Crippen molar-refractivity contribution in [3.63, 3.8) is 0 Å². The van der Waals surface area contributed by atoms with Crippen molar-refractivity contribution in [2.45, 2.75) is 201 Å². The maximum atomic E-state index is 15.1. The molecule has 648 valence electrons. The molecule has 0 heterocycles. The largest absolute Gasteiger partial charge is 0.460 e. The molecule has 0 nitrogen and oxygen atoms in total. The number of hydrogen-bond acceptors (Lipinski definition) is 0. The lowest BCUT2D eigenvalue weighted by Crippen LogP contribution is -2.70. The van der Waals surface area contributed by atoms with Crippen LogP contribution in [0.1, 0.15) is 54.4 Å². The van der Waals surface area contributed by atoms with Gasteiger partial charge < -0.3 is 0 Å². The fourth-order valence-corrected chi connectivity index (χ4v) is 14.9. The van der Waals surface area contributed by atoms with E-state index in [1.165, 1.54) is 0 Å². The Morgan fingerprint density at radius 1 is 0.177 bits per heavy atom. The number of benzene rings is 4. The van der Waals surface area contributed by atoms with Crippen molar-refractivity contribution < 1.29 is 228 Å². The molecule has 4 aromatic rings. The standard InChI is InChI=1S/C59H38F52P2/c60-36(61,40(68,69)44(76,77)48(84,85)52(92,93)56(100,101)102)18-14-28-6-1-10-32(24-28)112(33-11-2-7-29(25-33)15-19-37(62,63)41(70,71)45(78,79)49(86,87)53(94,95)57(103,104)105)22-5-23-113(34-12-3-8-30(26-34)16-20-38(64,65)42(72,73)46(80,81)50(88,89)54(96,97)58(106,107)108)35-13-4-9-31(27-35)17-21-39(66,67)43(74,75)47(82,83)51(90,91)55(98,99)59(109,110)111/h1-4,6-13,24-27H,5,14-23H2. The van der Waals surface area contributed by atoms with Gasteiger partial charge in [-0.25, -0.2) is 0 Å². The molecule has 0 atom stereocenters. The maximum absolute atomic E-state index is 15.1. The minimum atomic E-state index is -8.46. The van der Waals surface area contributed by atoms with E-state index in [9.17, 15) is 193 Å². The molecule has 54 heteroatoms. The summed E-state index contributed by atoms with van der Waals surface area (Å²) < 4.78 is 728. The van der Waals surface area contributed by atoms with Gasteiger partial charge in [-0.3, -0.25) is 0 Å². The Bertz CT molecular complexity index is 3400. The predicted molar refractivity (Wildman–Crippen MR) is 289 cm³/mol. The highest BCUT2D eigenvalue weighted by molar-refractivity contribution is 7.74. The van der Waals surface area contributed by atoms with Gasteiger partial charge in [-0.2, -0.15) is 228 Å². The van der Waals surface area contributed by atoms with Crippen LogP contribution in [0.3, 0.4) is 0 Å². The zero-order valence-corrected chi connectivity index (χ0v) is 55.4. The van der Waals surface area contributed by atoms with Gasteiger partial charge in [0.2, 0.25) is 0 Å². The predicted octanol–water partition coefficient (Wildman–Crippen LogP) is 24.3. The number of rotatable bonds is 36. The van der Waals surface area contributed by atoms with Crippen LogP contribution in [0.2, 0.25) is 0 Å². The van der Waals surface area contributed by atoms with Crippen molar-refractivity contribution in [3.05, 3.63) is 119 Å². The summed E-state index contributed by atoms with van der Waals surface area (Å²) in [5.74, 6) is -160. The molecule has 0 aliphatic carbocycles. The molecule has 0 spiro atoms. The van der Waals surface area contributed by atoms with Crippen LogP contribution in [0.25, 0.3) is 0 Å². The van der Waals surface area contributed by atoms with Crippen molar-refractivity contribution in [2.24, 2.45) is 0 Å². The molecule has 0 fully saturated rings. The number of hydrogen-bond donors (Lipinski definition) is 0. The highest BCUT2D eigenvalue weighted by atomic mass is 31.1. The second-order valence-electron chi connectivity index (χ2n) is 24.3. The lowest BCUT2D eigenvalue weighted by atomic mass is 9.91. The molecular formula is C59H38F52P2. The third kappa shape index (κ3) is 17.0. The average Bonchev–Trinajstić information content (AvgIpc) is 0.727. The minimum Gasteiger partial charge on any atom is -0.200 e. The first-order chi connectivity index (χ1) is 49.7. The van der Waals surface area contributed by atoms with Crippen molar-refractivity contribution in [3.8, 4) is 0 Å². The molecule has 0 amide bonds. The molecule has 0 aromatic heterocycles. The van der Waals surface area contributed by atoms with Gasteiger partial charge in [0, 0.05) is 25.7 Å². The Kier molecular flexibility index (Phi) is 27.1. The number of halogens is 52. The first kappa shape index (κ1) is 99.5. The molecule has 0 radical (unpaired) electrons. The Morgan fingerprint density at radius 3 is 0.460 bits per heavy atom. The van der Waals surface area contributed by atoms with E-state index in [4.69, 9.17) is 0 Å². The van der Waals surface area contributed by atoms with Gasteiger partial charge in [-0.1, -0.05) is 97.1 Å². The molecule has 0 bridgehead atoms. The van der Waals surface area contributed by atoms with Crippen LogP contribution in [0.5, 0.6) is 0 Å².